The quantitative estimate of drug-likeness (QED) is 0.338. The zero-order chi connectivity index (χ0) is 26.5. The minimum absolute atomic E-state index is 0.0347. The van der Waals surface area contributed by atoms with Gasteiger partial charge in [0.15, 0.2) is 11.5 Å². The minimum atomic E-state index is -0.611. The van der Waals surface area contributed by atoms with E-state index in [4.69, 9.17) is 14.5 Å². The summed E-state index contributed by atoms with van der Waals surface area (Å²) in [5.74, 6) is -0.376. The Hall–Kier alpha value is -4.06. The highest BCUT2D eigenvalue weighted by atomic mass is 32.1. The van der Waals surface area contributed by atoms with Gasteiger partial charge in [0.2, 0.25) is 0 Å². The van der Waals surface area contributed by atoms with Gasteiger partial charge < -0.3 is 25.4 Å². The first kappa shape index (κ1) is 24.0. The molecule has 0 radical (unpaired) electrons. The van der Waals surface area contributed by atoms with E-state index in [1.165, 1.54) is 29.5 Å². The molecule has 39 heavy (non-hydrogen) atoms. The fraction of sp³-hybridized carbons (Fsp3) is 0.250. The fourth-order valence-corrected chi connectivity index (χ4v) is 5.97. The van der Waals surface area contributed by atoms with Gasteiger partial charge in [-0.25, -0.2) is 9.37 Å². The number of anilines is 2. The number of hydrogen-bond acceptors (Lipinski definition) is 8. The number of pyridine rings is 1. The van der Waals surface area contributed by atoms with Gasteiger partial charge >= 0.3 is 0 Å². The average molecular weight is 546 g/mol. The molecule has 9 nitrogen and oxygen atoms in total. The molecule has 3 aliphatic heterocycles. The van der Waals surface area contributed by atoms with Crippen molar-refractivity contribution in [2.24, 2.45) is 0 Å². The molecule has 0 bridgehead atoms. The van der Waals surface area contributed by atoms with E-state index in [-0.39, 0.29) is 5.69 Å². The van der Waals surface area contributed by atoms with Gasteiger partial charge in [0.1, 0.15) is 23.9 Å². The standard InChI is InChI=1S/C28H24FN5O4S/c29-19-5-4-17(31-26(35)15-2-6-23-24(9-15)38-8-7-37-23)11-20(19)33-27(36)25-10-16-1-3-18(32-28(16)39-25)13-34-14-21-22(34)12-30-21/h1-6,9-11,21-22,30H,7-8,12-14H2,(H,31,35)(H,33,36)/t21-,22?/m0/s1. The molecule has 2 atom stereocenters. The summed E-state index contributed by atoms with van der Waals surface area (Å²) in [6.45, 7) is 3.71. The maximum Gasteiger partial charge on any atom is 0.265 e. The smallest absolute Gasteiger partial charge is 0.265 e. The summed E-state index contributed by atoms with van der Waals surface area (Å²) in [7, 11) is 0. The number of hydrogen-bond donors (Lipinski definition) is 3. The van der Waals surface area contributed by atoms with Crippen LogP contribution in [-0.2, 0) is 6.54 Å². The van der Waals surface area contributed by atoms with Gasteiger partial charge in [-0.2, -0.15) is 0 Å². The number of benzene rings is 2. The molecule has 2 aromatic heterocycles. The molecule has 198 valence electrons. The normalized spacial score (nSPS) is 19.5. The zero-order valence-corrected chi connectivity index (χ0v) is 21.5. The zero-order valence-electron chi connectivity index (χ0n) is 20.7. The molecule has 0 saturated carbocycles. The number of nitrogens with one attached hydrogen (secondary N) is 3. The number of piperazine rings is 1. The Labute approximate surface area is 226 Å². The summed E-state index contributed by atoms with van der Waals surface area (Å²) in [6.07, 6.45) is 0. The van der Waals surface area contributed by atoms with E-state index in [1.54, 1.807) is 24.3 Å². The summed E-state index contributed by atoms with van der Waals surface area (Å²) in [4.78, 5) is 34.1. The number of nitrogens with zero attached hydrogens (tertiary/aromatic N) is 2. The monoisotopic (exact) mass is 545 g/mol. The Kier molecular flexibility index (Phi) is 5.91. The molecule has 4 aromatic rings. The fourth-order valence-electron chi connectivity index (χ4n) is 5.03. The van der Waals surface area contributed by atoms with Crippen molar-refractivity contribution in [3.8, 4) is 11.5 Å². The molecule has 2 aromatic carbocycles. The Bertz CT molecular complexity index is 1630. The molecule has 11 heteroatoms. The van der Waals surface area contributed by atoms with Crippen LogP contribution in [0.2, 0.25) is 0 Å². The van der Waals surface area contributed by atoms with E-state index in [2.05, 4.69) is 20.9 Å². The average Bonchev–Trinajstić information content (AvgIpc) is 3.36. The second-order valence-electron chi connectivity index (χ2n) is 9.78. The van der Waals surface area contributed by atoms with Crippen LogP contribution in [0.25, 0.3) is 10.2 Å². The lowest BCUT2D eigenvalue weighted by Crippen LogP contribution is -2.77. The van der Waals surface area contributed by atoms with Crippen molar-refractivity contribution in [1.82, 2.24) is 15.2 Å². The van der Waals surface area contributed by atoms with Crippen LogP contribution in [0.1, 0.15) is 25.7 Å². The number of aromatic nitrogens is 1. The van der Waals surface area contributed by atoms with E-state index in [0.717, 1.165) is 35.5 Å². The Morgan fingerprint density at radius 2 is 1.90 bits per heavy atom. The second kappa shape index (κ2) is 9.60. The SMILES string of the molecule is O=C(Nc1ccc(F)c(NC(=O)c2cc3ccc(CN4C[C@@H]5NCC54)nc3s2)c1)c1ccc2c(c1)OCCO2. The Morgan fingerprint density at radius 1 is 1.03 bits per heavy atom. The van der Waals surface area contributed by atoms with Gasteiger partial charge in [0.05, 0.1) is 16.3 Å². The van der Waals surface area contributed by atoms with Crippen LogP contribution < -0.4 is 25.4 Å². The molecule has 3 N–H and O–H groups in total. The molecule has 3 aliphatic rings. The molecule has 2 fully saturated rings. The largest absolute Gasteiger partial charge is 0.486 e. The van der Waals surface area contributed by atoms with Crippen LogP contribution in [0.3, 0.4) is 0 Å². The number of ether oxygens (including phenoxy) is 2. The molecular formula is C28H24FN5O4S. The second-order valence-corrected chi connectivity index (χ2v) is 10.8. The van der Waals surface area contributed by atoms with Crippen LogP contribution in [0.4, 0.5) is 15.8 Å². The highest BCUT2D eigenvalue weighted by Crippen LogP contribution is 2.32. The molecular weight excluding hydrogens is 521 g/mol. The minimum Gasteiger partial charge on any atom is -0.486 e. The van der Waals surface area contributed by atoms with Crippen molar-refractivity contribution < 1.29 is 23.5 Å². The number of likely N-dealkylation sites (tertiary alicyclic amines) is 1. The van der Waals surface area contributed by atoms with Crippen molar-refractivity contribution in [2.75, 3.05) is 36.9 Å². The molecule has 7 rings (SSSR count). The van der Waals surface area contributed by atoms with Crippen molar-refractivity contribution in [1.29, 1.82) is 0 Å². The van der Waals surface area contributed by atoms with Crippen molar-refractivity contribution in [3.05, 3.63) is 76.5 Å². The van der Waals surface area contributed by atoms with Gasteiger partial charge in [-0.05, 0) is 48.5 Å². The molecule has 0 spiro atoms. The van der Waals surface area contributed by atoms with Gasteiger partial charge in [0.25, 0.3) is 11.8 Å². The van der Waals surface area contributed by atoms with E-state index >= 15 is 0 Å². The predicted molar refractivity (Wildman–Crippen MR) is 145 cm³/mol. The van der Waals surface area contributed by atoms with Crippen LogP contribution in [-0.4, -0.2) is 60.1 Å². The van der Waals surface area contributed by atoms with Crippen LogP contribution in [0, 0.1) is 5.82 Å². The third-order valence-corrected chi connectivity index (χ3v) is 8.30. The van der Waals surface area contributed by atoms with E-state index in [9.17, 15) is 14.0 Å². The molecule has 1 unspecified atom stereocenters. The van der Waals surface area contributed by atoms with Gasteiger partial charge in [-0.1, -0.05) is 6.07 Å². The van der Waals surface area contributed by atoms with E-state index < -0.39 is 17.6 Å². The number of fused-ring (bicyclic) bond motifs is 3. The summed E-state index contributed by atoms with van der Waals surface area (Å²) < 4.78 is 25.6. The summed E-state index contributed by atoms with van der Waals surface area (Å²) in [6, 6.07) is 15.9. The third-order valence-electron chi connectivity index (χ3n) is 7.26. The number of carbonyl (C=O) groups excluding carboxylic acids is 2. The van der Waals surface area contributed by atoms with Crippen LogP contribution in [0.5, 0.6) is 11.5 Å². The maximum absolute atomic E-state index is 14.6. The third kappa shape index (κ3) is 4.58. The number of rotatable bonds is 6. The predicted octanol–water partition coefficient (Wildman–Crippen LogP) is 3.87. The number of amides is 2. The van der Waals surface area contributed by atoms with Crippen molar-refractivity contribution in [2.45, 2.75) is 18.6 Å². The van der Waals surface area contributed by atoms with Gasteiger partial charge in [-0.3, -0.25) is 14.5 Å². The highest BCUT2D eigenvalue weighted by molar-refractivity contribution is 7.20. The van der Waals surface area contributed by atoms with E-state index in [1.807, 2.05) is 12.1 Å². The van der Waals surface area contributed by atoms with Crippen LogP contribution in [0.15, 0.2) is 54.6 Å². The Balaban J connectivity index is 1.04. The summed E-state index contributed by atoms with van der Waals surface area (Å²) in [5, 5.41) is 9.63. The summed E-state index contributed by atoms with van der Waals surface area (Å²) in [5.41, 5.74) is 1.63. The van der Waals surface area contributed by atoms with Gasteiger partial charge in [0, 0.05) is 48.4 Å². The lowest BCUT2D eigenvalue weighted by atomic mass is 9.88. The van der Waals surface area contributed by atoms with Crippen LogP contribution >= 0.6 is 11.3 Å². The maximum atomic E-state index is 14.6. The number of thiophene rings is 1. The molecule has 0 aliphatic carbocycles. The van der Waals surface area contributed by atoms with E-state index in [0.29, 0.717) is 52.9 Å². The number of halogens is 1. The lowest BCUT2D eigenvalue weighted by Gasteiger charge is -2.56. The van der Waals surface area contributed by atoms with Gasteiger partial charge in [-0.15, -0.1) is 11.3 Å². The molecule has 2 saturated heterocycles. The molecule has 2 amide bonds. The van der Waals surface area contributed by atoms with Crippen molar-refractivity contribution in [3.63, 3.8) is 0 Å². The van der Waals surface area contributed by atoms with Crippen molar-refractivity contribution >= 4 is 44.7 Å². The Morgan fingerprint density at radius 3 is 2.69 bits per heavy atom. The topological polar surface area (TPSA) is 105 Å². The molecule has 5 heterocycles. The summed E-state index contributed by atoms with van der Waals surface area (Å²) >= 11 is 1.27. The first-order valence-corrected chi connectivity index (χ1v) is 13.5. The number of carbonyl (C=O) groups is 2. The highest BCUT2D eigenvalue weighted by Gasteiger charge is 2.45. The lowest BCUT2D eigenvalue weighted by molar-refractivity contribution is -0.0244. The first-order chi connectivity index (χ1) is 19.0. The first-order valence-electron chi connectivity index (χ1n) is 12.7.